The molecule has 0 spiro atoms. The van der Waals surface area contributed by atoms with E-state index in [1.165, 1.54) is 0 Å². The number of carbonyl (C=O) groups is 1. The van der Waals surface area contributed by atoms with Crippen LogP contribution in [0.25, 0.3) is 0 Å². The van der Waals surface area contributed by atoms with Crippen LogP contribution in [0.4, 0.5) is 0 Å². The second-order valence-electron chi connectivity index (χ2n) is 6.15. The summed E-state index contributed by atoms with van der Waals surface area (Å²) in [6.07, 6.45) is 0. The Labute approximate surface area is 115 Å². The summed E-state index contributed by atoms with van der Waals surface area (Å²) in [5.74, 6) is -0.232. The van der Waals surface area contributed by atoms with Crippen molar-refractivity contribution in [3.63, 3.8) is 0 Å². The van der Waals surface area contributed by atoms with Crippen LogP contribution in [0.15, 0.2) is 12.1 Å². The number of amides is 1. The van der Waals surface area contributed by atoms with Gasteiger partial charge >= 0.3 is 0 Å². The Hall–Kier alpha value is -1.55. The van der Waals surface area contributed by atoms with Gasteiger partial charge in [0.1, 0.15) is 5.75 Å². The molecule has 0 heterocycles. The van der Waals surface area contributed by atoms with E-state index in [9.17, 15) is 9.90 Å². The lowest BCUT2D eigenvalue weighted by Crippen LogP contribution is -2.35. The molecule has 1 aromatic carbocycles. The average Bonchev–Trinajstić information content (AvgIpc) is 2.27. The quantitative estimate of drug-likeness (QED) is 0.782. The van der Waals surface area contributed by atoms with Crippen molar-refractivity contribution in [3.8, 4) is 5.75 Å². The van der Waals surface area contributed by atoms with Crippen LogP contribution in [-0.4, -0.2) is 23.6 Å². The molecule has 0 fully saturated rings. The van der Waals surface area contributed by atoms with Crippen LogP contribution in [0.3, 0.4) is 0 Å². The van der Waals surface area contributed by atoms with Crippen molar-refractivity contribution in [2.75, 3.05) is 6.54 Å². The predicted octanol–water partition coefficient (Wildman–Crippen LogP) is 2.08. The van der Waals surface area contributed by atoms with E-state index in [0.717, 1.165) is 11.1 Å². The second kappa shape index (κ2) is 5.61. The van der Waals surface area contributed by atoms with Crippen LogP contribution in [0, 0.1) is 6.92 Å². The fourth-order valence-electron chi connectivity index (χ4n) is 1.87. The van der Waals surface area contributed by atoms with Gasteiger partial charge in [-0.1, -0.05) is 26.8 Å². The lowest BCUT2D eigenvalue weighted by molar-refractivity contribution is 0.0948. The third-order valence-electron chi connectivity index (χ3n) is 2.89. The highest BCUT2D eigenvalue weighted by Gasteiger charge is 2.23. The number of hydrogen-bond donors (Lipinski definition) is 3. The normalized spacial score (nSPS) is 13.2. The van der Waals surface area contributed by atoms with Crippen molar-refractivity contribution in [3.05, 3.63) is 28.8 Å². The summed E-state index contributed by atoms with van der Waals surface area (Å²) in [4.78, 5) is 12.1. The molecule has 0 aliphatic heterocycles. The van der Waals surface area contributed by atoms with Crippen LogP contribution in [-0.2, 0) is 5.41 Å². The van der Waals surface area contributed by atoms with Crippen LogP contribution in [0.1, 0.15) is 49.2 Å². The van der Waals surface area contributed by atoms with Gasteiger partial charge in [-0.05, 0) is 30.9 Å². The summed E-state index contributed by atoms with van der Waals surface area (Å²) in [7, 11) is 0. The largest absolute Gasteiger partial charge is 0.507 e. The van der Waals surface area contributed by atoms with Crippen molar-refractivity contribution in [1.82, 2.24) is 5.32 Å². The van der Waals surface area contributed by atoms with Gasteiger partial charge in [0.15, 0.2) is 0 Å². The molecule has 4 nitrogen and oxygen atoms in total. The highest BCUT2D eigenvalue weighted by molar-refractivity contribution is 5.97. The van der Waals surface area contributed by atoms with Gasteiger partial charge in [0.25, 0.3) is 5.91 Å². The van der Waals surface area contributed by atoms with Crippen molar-refractivity contribution in [2.24, 2.45) is 5.73 Å². The third-order valence-corrected chi connectivity index (χ3v) is 2.89. The van der Waals surface area contributed by atoms with E-state index < -0.39 is 0 Å². The van der Waals surface area contributed by atoms with E-state index in [0.29, 0.717) is 12.1 Å². The standard InChI is InChI=1S/C15H24N2O2/c1-9-6-11(14(19)17-8-10(2)16)13(18)12(7-9)15(3,4)5/h6-7,10,18H,8,16H2,1-5H3,(H,17,19). The molecule has 4 N–H and O–H groups in total. The molecule has 0 saturated carbocycles. The van der Waals surface area contributed by atoms with Crippen LogP contribution >= 0.6 is 0 Å². The van der Waals surface area contributed by atoms with Crippen molar-refractivity contribution in [2.45, 2.75) is 46.1 Å². The zero-order valence-corrected chi connectivity index (χ0v) is 12.4. The molecule has 0 saturated heterocycles. The van der Waals surface area contributed by atoms with Gasteiger partial charge in [0, 0.05) is 18.2 Å². The molecule has 0 radical (unpaired) electrons. The molecule has 0 aliphatic carbocycles. The summed E-state index contributed by atoms with van der Waals surface area (Å²) in [5.41, 5.74) is 7.43. The van der Waals surface area contributed by atoms with Crippen LogP contribution in [0.5, 0.6) is 5.75 Å². The lowest BCUT2D eigenvalue weighted by Gasteiger charge is -2.22. The van der Waals surface area contributed by atoms with Gasteiger partial charge in [-0.25, -0.2) is 0 Å². The first-order chi connectivity index (χ1) is 8.62. The zero-order valence-electron chi connectivity index (χ0n) is 12.4. The molecule has 1 aromatic rings. The van der Waals surface area contributed by atoms with E-state index in [2.05, 4.69) is 5.32 Å². The molecule has 0 bridgehead atoms. The van der Waals surface area contributed by atoms with Crippen molar-refractivity contribution >= 4 is 5.91 Å². The number of benzene rings is 1. The SMILES string of the molecule is Cc1cc(C(=O)NCC(C)N)c(O)c(C(C)(C)C)c1. The molecular formula is C15H24N2O2. The number of phenolic OH excluding ortho intramolecular Hbond substituents is 1. The van der Waals surface area contributed by atoms with Gasteiger partial charge in [0.2, 0.25) is 0 Å². The fourth-order valence-corrected chi connectivity index (χ4v) is 1.87. The minimum absolute atomic E-state index is 0.0558. The Morgan fingerprint density at radius 2 is 2.00 bits per heavy atom. The Morgan fingerprint density at radius 1 is 1.42 bits per heavy atom. The Bertz CT molecular complexity index is 474. The maximum Gasteiger partial charge on any atom is 0.255 e. The molecular weight excluding hydrogens is 240 g/mol. The maximum atomic E-state index is 12.1. The number of rotatable bonds is 3. The van der Waals surface area contributed by atoms with Gasteiger partial charge in [-0.3, -0.25) is 4.79 Å². The van der Waals surface area contributed by atoms with Gasteiger partial charge < -0.3 is 16.2 Å². The Morgan fingerprint density at radius 3 is 2.47 bits per heavy atom. The molecule has 19 heavy (non-hydrogen) atoms. The zero-order chi connectivity index (χ0) is 14.8. The van der Waals surface area contributed by atoms with Crippen LogP contribution in [0.2, 0.25) is 0 Å². The minimum atomic E-state index is -0.288. The molecule has 106 valence electrons. The number of aryl methyl sites for hydroxylation is 1. The lowest BCUT2D eigenvalue weighted by atomic mass is 9.84. The van der Waals surface area contributed by atoms with Crippen LogP contribution < -0.4 is 11.1 Å². The summed E-state index contributed by atoms with van der Waals surface area (Å²) in [5, 5.41) is 13.0. The second-order valence-corrected chi connectivity index (χ2v) is 6.15. The van der Waals surface area contributed by atoms with E-state index in [4.69, 9.17) is 5.73 Å². The number of nitrogens with one attached hydrogen (secondary N) is 1. The first kappa shape index (κ1) is 15.5. The molecule has 1 rings (SSSR count). The van der Waals surface area contributed by atoms with E-state index in [1.807, 2.05) is 40.7 Å². The summed E-state index contributed by atoms with van der Waals surface area (Å²) in [6, 6.07) is 3.50. The molecule has 1 atom stereocenters. The monoisotopic (exact) mass is 264 g/mol. The van der Waals surface area contributed by atoms with Crippen molar-refractivity contribution in [1.29, 1.82) is 0 Å². The summed E-state index contributed by atoms with van der Waals surface area (Å²) in [6.45, 7) is 10.1. The molecule has 1 unspecified atom stereocenters. The maximum absolute atomic E-state index is 12.1. The fraction of sp³-hybridized carbons (Fsp3) is 0.533. The van der Waals surface area contributed by atoms with Gasteiger partial charge in [-0.2, -0.15) is 0 Å². The topological polar surface area (TPSA) is 75.4 Å². The first-order valence-corrected chi connectivity index (χ1v) is 6.50. The number of carbonyl (C=O) groups excluding carboxylic acids is 1. The third kappa shape index (κ3) is 3.96. The number of hydrogen-bond acceptors (Lipinski definition) is 3. The average molecular weight is 264 g/mol. The minimum Gasteiger partial charge on any atom is -0.507 e. The predicted molar refractivity (Wildman–Crippen MR) is 77.5 cm³/mol. The molecule has 0 aliphatic rings. The van der Waals surface area contributed by atoms with Crippen molar-refractivity contribution < 1.29 is 9.90 Å². The van der Waals surface area contributed by atoms with E-state index >= 15 is 0 Å². The molecule has 1 amide bonds. The number of nitrogens with two attached hydrogens (primary N) is 1. The van der Waals surface area contributed by atoms with E-state index in [1.54, 1.807) is 6.07 Å². The number of phenols is 1. The summed E-state index contributed by atoms with van der Waals surface area (Å²) >= 11 is 0. The smallest absolute Gasteiger partial charge is 0.255 e. The summed E-state index contributed by atoms with van der Waals surface area (Å²) < 4.78 is 0. The van der Waals surface area contributed by atoms with Gasteiger partial charge in [0.05, 0.1) is 5.56 Å². The number of aromatic hydroxyl groups is 1. The molecule has 4 heteroatoms. The molecule has 0 aromatic heterocycles. The first-order valence-electron chi connectivity index (χ1n) is 6.50. The Balaban J connectivity index is 3.15. The highest BCUT2D eigenvalue weighted by atomic mass is 16.3. The highest BCUT2D eigenvalue weighted by Crippen LogP contribution is 2.34. The van der Waals surface area contributed by atoms with E-state index in [-0.39, 0.29) is 23.1 Å². The van der Waals surface area contributed by atoms with Gasteiger partial charge in [-0.15, -0.1) is 0 Å². The Kier molecular flexibility index (Phi) is 4.58.